The van der Waals surface area contributed by atoms with Crippen LogP contribution in [-0.4, -0.2) is 34.9 Å². The molecule has 4 nitrogen and oxygen atoms in total. The number of hydrogen-bond donors (Lipinski definition) is 1. The molecule has 2 unspecified atom stereocenters. The van der Waals surface area contributed by atoms with Crippen LogP contribution in [0, 0.1) is 0 Å². The first-order valence-corrected chi connectivity index (χ1v) is 6.17. The van der Waals surface area contributed by atoms with E-state index in [1.165, 1.54) is 0 Å². The highest BCUT2D eigenvalue weighted by atomic mass is 16.2. The second-order valence-electron chi connectivity index (χ2n) is 4.39. The summed E-state index contributed by atoms with van der Waals surface area (Å²) < 4.78 is 0. The number of rotatable bonds is 4. The average Bonchev–Trinajstić information content (AvgIpc) is 2.72. The van der Waals surface area contributed by atoms with Gasteiger partial charge in [0.25, 0.3) is 0 Å². The Morgan fingerprint density at radius 1 is 1.65 bits per heavy atom. The molecule has 0 spiro atoms. The normalized spacial score (nSPS) is 21.9. The first-order valence-electron chi connectivity index (χ1n) is 6.17. The van der Waals surface area contributed by atoms with E-state index in [1.54, 1.807) is 6.20 Å². The van der Waals surface area contributed by atoms with Gasteiger partial charge in [0.15, 0.2) is 0 Å². The molecule has 4 heteroatoms. The number of nitrogens with zero attached hydrogens (tertiary/aromatic N) is 2. The molecule has 1 fully saturated rings. The van der Waals surface area contributed by atoms with Crippen molar-refractivity contribution in [2.75, 3.05) is 13.1 Å². The molecule has 17 heavy (non-hydrogen) atoms. The van der Waals surface area contributed by atoms with Gasteiger partial charge in [-0.25, -0.2) is 0 Å². The van der Waals surface area contributed by atoms with Gasteiger partial charge in [-0.2, -0.15) is 0 Å². The van der Waals surface area contributed by atoms with Gasteiger partial charge in [-0.15, -0.1) is 0 Å². The zero-order valence-electron chi connectivity index (χ0n) is 10.4. The highest BCUT2D eigenvalue weighted by molar-refractivity contribution is 5.84. The summed E-state index contributed by atoms with van der Waals surface area (Å²) in [5, 5.41) is 3.22. The van der Waals surface area contributed by atoms with Gasteiger partial charge in [-0.05, 0) is 31.5 Å². The molecule has 1 N–H and O–H groups in total. The van der Waals surface area contributed by atoms with Gasteiger partial charge >= 0.3 is 0 Å². The number of aromatic nitrogens is 1. The number of nitrogens with one attached hydrogen (secondary N) is 1. The number of pyridine rings is 1. The van der Waals surface area contributed by atoms with Crippen LogP contribution in [-0.2, 0) is 4.79 Å². The van der Waals surface area contributed by atoms with Crippen molar-refractivity contribution in [3.8, 4) is 0 Å². The first-order chi connectivity index (χ1) is 8.24. The molecule has 1 aromatic rings. The van der Waals surface area contributed by atoms with Crippen LogP contribution < -0.4 is 5.32 Å². The van der Waals surface area contributed by atoms with E-state index >= 15 is 0 Å². The molecule has 0 aromatic carbocycles. The number of likely N-dealkylation sites (N-methyl/N-ethyl adjacent to an activating group) is 1. The van der Waals surface area contributed by atoms with Crippen LogP contribution in [0.25, 0.3) is 0 Å². The van der Waals surface area contributed by atoms with E-state index in [4.69, 9.17) is 0 Å². The largest absolute Gasteiger partial charge is 0.334 e. The molecule has 2 rings (SSSR count). The Labute approximate surface area is 102 Å². The van der Waals surface area contributed by atoms with Crippen LogP contribution in [0.2, 0.25) is 0 Å². The molecule has 1 amide bonds. The minimum atomic E-state index is -0.000813. The molecular weight excluding hydrogens is 214 g/mol. The van der Waals surface area contributed by atoms with Crippen molar-refractivity contribution in [3.63, 3.8) is 0 Å². The fourth-order valence-corrected chi connectivity index (χ4v) is 2.33. The van der Waals surface area contributed by atoms with Crippen molar-refractivity contribution in [2.24, 2.45) is 0 Å². The molecule has 0 bridgehead atoms. The van der Waals surface area contributed by atoms with Gasteiger partial charge < -0.3 is 10.2 Å². The lowest BCUT2D eigenvalue weighted by Crippen LogP contribution is -2.39. The third kappa shape index (κ3) is 2.47. The Bertz CT molecular complexity index is 380. The summed E-state index contributed by atoms with van der Waals surface area (Å²) in [6, 6.07) is 4.04. The number of carbonyl (C=O) groups excluding carboxylic acids is 1. The second kappa shape index (κ2) is 5.27. The lowest BCUT2D eigenvalue weighted by atomic mass is 10.1. The lowest BCUT2D eigenvalue weighted by Gasteiger charge is -2.25. The van der Waals surface area contributed by atoms with Gasteiger partial charge in [-0.1, -0.05) is 13.0 Å². The van der Waals surface area contributed by atoms with Crippen LogP contribution >= 0.6 is 0 Å². The Morgan fingerprint density at radius 3 is 3.12 bits per heavy atom. The summed E-state index contributed by atoms with van der Waals surface area (Å²) in [6.07, 6.45) is 4.49. The van der Waals surface area contributed by atoms with E-state index < -0.39 is 0 Å². The number of carbonyl (C=O) groups is 1. The van der Waals surface area contributed by atoms with Crippen LogP contribution in [0.1, 0.15) is 31.9 Å². The molecule has 1 aromatic heterocycles. The molecule has 1 aliphatic rings. The summed E-state index contributed by atoms with van der Waals surface area (Å²) >= 11 is 0. The predicted octanol–water partition coefficient (Wildman–Crippen LogP) is 1.35. The summed E-state index contributed by atoms with van der Waals surface area (Å²) in [4.78, 5) is 18.2. The summed E-state index contributed by atoms with van der Waals surface area (Å²) in [6.45, 7) is 5.75. The summed E-state index contributed by atoms with van der Waals surface area (Å²) in [7, 11) is 0. The van der Waals surface area contributed by atoms with E-state index in [-0.39, 0.29) is 18.0 Å². The fourth-order valence-electron chi connectivity index (χ4n) is 2.33. The fraction of sp³-hybridized carbons (Fsp3) is 0.538. The third-order valence-electron chi connectivity index (χ3n) is 3.32. The van der Waals surface area contributed by atoms with Gasteiger partial charge in [0.1, 0.15) is 0 Å². The number of amides is 1. The van der Waals surface area contributed by atoms with Crippen molar-refractivity contribution in [2.45, 2.75) is 32.4 Å². The zero-order chi connectivity index (χ0) is 12.3. The predicted molar refractivity (Wildman–Crippen MR) is 66.4 cm³/mol. The lowest BCUT2D eigenvalue weighted by molar-refractivity contribution is -0.131. The highest BCUT2D eigenvalue weighted by Gasteiger charge is 2.34. The minimum absolute atomic E-state index is 0.000813. The highest BCUT2D eigenvalue weighted by Crippen LogP contribution is 2.24. The Kier molecular flexibility index (Phi) is 3.74. The molecule has 2 heterocycles. The van der Waals surface area contributed by atoms with Crippen molar-refractivity contribution in [1.29, 1.82) is 0 Å². The first kappa shape index (κ1) is 12.0. The summed E-state index contributed by atoms with van der Waals surface area (Å²) in [5.41, 5.74) is 1.10. The SMILES string of the molecule is CCNC1CCN(C(C)c2cccnc2)C1=O. The second-order valence-corrected chi connectivity index (χ2v) is 4.39. The number of hydrogen-bond acceptors (Lipinski definition) is 3. The molecule has 0 saturated carbocycles. The standard InChI is InChI=1S/C13H19N3O/c1-3-15-12-6-8-16(13(12)17)10(2)11-5-4-7-14-9-11/h4-5,7,9-10,12,15H,3,6,8H2,1-2H3. The number of likely N-dealkylation sites (tertiary alicyclic amines) is 1. The summed E-state index contributed by atoms with van der Waals surface area (Å²) in [5.74, 6) is 0.211. The van der Waals surface area contributed by atoms with Crippen molar-refractivity contribution in [3.05, 3.63) is 30.1 Å². The maximum atomic E-state index is 12.2. The zero-order valence-corrected chi connectivity index (χ0v) is 10.4. The maximum absolute atomic E-state index is 12.2. The molecule has 1 saturated heterocycles. The monoisotopic (exact) mass is 233 g/mol. The van der Waals surface area contributed by atoms with E-state index in [2.05, 4.69) is 17.2 Å². The van der Waals surface area contributed by atoms with Gasteiger partial charge in [-0.3, -0.25) is 9.78 Å². The maximum Gasteiger partial charge on any atom is 0.240 e. The molecule has 2 atom stereocenters. The Balaban J connectivity index is 2.07. The van der Waals surface area contributed by atoms with E-state index in [0.717, 1.165) is 25.1 Å². The minimum Gasteiger partial charge on any atom is -0.334 e. The van der Waals surface area contributed by atoms with Crippen molar-refractivity contribution < 1.29 is 4.79 Å². The molecule has 92 valence electrons. The van der Waals surface area contributed by atoms with Crippen LogP contribution in [0.3, 0.4) is 0 Å². The molecule has 1 aliphatic heterocycles. The van der Waals surface area contributed by atoms with E-state index in [0.29, 0.717) is 0 Å². The Morgan fingerprint density at radius 2 is 2.47 bits per heavy atom. The molecule has 0 radical (unpaired) electrons. The molecule has 0 aliphatic carbocycles. The van der Waals surface area contributed by atoms with Crippen molar-refractivity contribution >= 4 is 5.91 Å². The smallest absolute Gasteiger partial charge is 0.240 e. The van der Waals surface area contributed by atoms with Crippen LogP contribution in [0.15, 0.2) is 24.5 Å². The molecular formula is C13H19N3O. The van der Waals surface area contributed by atoms with Crippen LogP contribution in [0.5, 0.6) is 0 Å². The van der Waals surface area contributed by atoms with Gasteiger partial charge in [0, 0.05) is 18.9 Å². The van der Waals surface area contributed by atoms with E-state index in [9.17, 15) is 4.79 Å². The quantitative estimate of drug-likeness (QED) is 0.854. The van der Waals surface area contributed by atoms with E-state index in [1.807, 2.05) is 30.2 Å². The van der Waals surface area contributed by atoms with Gasteiger partial charge in [0.05, 0.1) is 12.1 Å². The van der Waals surface area contributed by atoms with Crippen molar-refractivity contribution in [1.82, 2.24) is 15.2 Å². The average molecular weight is 233 g/mol. The van der Waals surface area contributed by atoms with Crippen LogP contribution in [0.4, 0.5) is 0 Å². The Hall–Kier alpha value is -1.42. The van der Waals surface area contributed by atoms with Gasteiger partial charge in [0.2, 0.25) is 5.91 Å². The topological polar surface area (TPSA) is 45.2 Å². The third-order valence-corrected chi connectivity index (χ3v) is 3.32.